The molecule has 18 aliphatic rings. The summed E-state index contributed by atoms with van der Waals surface area (Å²) < 4.78 is 76.3. The van der Waals surface area contributed by atoms with Gasteiger partial charge in [-0.15, -0.1) is 0 Å². The molecule has 34 atom stereocenters. The van der Waals surface area contributed by atoms with Crippen molar-refractivity contribution in [3.63, 3.8) is 0 Å². The minimum atomic E-state index is -4.41. The van der Waals surface area contributed by atoms with Crippen molar-refractivity contribution in [2.24, 2.45) is 94.7 Å². The first-order valence-electron chi connectivity index (χ1n) is 36.9. The molecule has 10 saturated heterocycles. The molecule has 10 aliphatic heterocycles. The number of rotatable bonds is 2. The molecule has 0 spiro atoms. The van der Waals surface area contributed by atoms with E-state index in [4.69, 9.17) is 0 Å². The normalized spacial score (nSPS) is 54.9. The average molecular weight is 1330 g/mol. The molecule has 34 unspecified atom stereocenters. The molecule has 1 radical (unpaired) electrons. The van der Waals surface area contributed by atoms with Crippen LogP contribution in [0.3, 0.4) is 0 Å². The van der Waals surface area contributed by atoms with Crippen LogP contribution in [0.15, 0.2) is 0 Å². The van der Waals surface area contributed by atoms with E-state index in [9.17, 15) is 25.9 Å². The Labute approximate surface area is 541 Å². The van der Waals surface area contributed by atoms with Gasteiger partial charge in [0.15, 0.2) is 0 Å². The molecule has 0 aromatic carbocycles. The predicted octanol–water partition coefficient (Wildman–Crippen LogP) is 2.26. The average Bonchev–Trinajstić information content (AvgIpc) is 1.68. The third-order valence-electron chi connectivity index (χ3n) is 28.4. The Hall–Kier alpha value is -0.301. The Kier molecular flexibility index (Phi) is 18.4. The summed E-state index contributed by atoms with van der Waals surface area (Å²) in [5, 5.41) is 63.1. The second kappa shape index (κ2) is 25.8. The van der Waals surface area contributed by atoms with Crippen molar-refractivity contribution in [3.8, 4) is 0 Å². The quantitative estimate of drug-likeness (QED) is 0.139. The van der Waals surface area contributed by atoms with Gasteiger partial charge in [-0.2, -0.15) is 0 Å². The number of nitrogens with one attached hydrogen (secondary N) is 16. The van der Waals surface area contributed by atoms with Crippen molar-refractivity contribution in [1.82, 2.24) is 85.1 Å². The molecule has 16 N–H and O–H groups in total. The summed E-state index contributed by atoms with van der Waals surface area (Å²) in [6, 6.07) is 0. The molecule has 25 heteroatoms. The Bertz CT molecular complexity index is 2540. The zero-order valence-corrected chi connectivity index (χ0v) is 55.0. The first-order chi connectivity index (χ1) is 42.8. The van der Waals surface area contributed by atoms with Crippen LogP contribution in [-0.2, 0) is 37.3 Å². The van der Waals surface area contributed by atoms with Crippen molar-refractivity contribution in [1.29, 1.82) is 0 Å². The van der Waals surface area contributed by atoms with Crippen molar-refractivity contribution in [3.05, 3.63) is 0 Å². The van der Waals surface area contributed by atoms with Gasteiger partial charge in [0.1, 0.15) is 0 Å². The van der Waals surface area contributed by atoms with Crippen molar-refractivity contribution < 1.29 is 43.0 Å². The summed E-state index contributed by atoms with van der Waals surface area (Å²) in [7, 11) is -8.81. The fourth-order valence-corrected chi connectivity index (χ4v) is 27.1. The standard InChI is InChI=1S/2C32H56N8O3S.Cu/c2*41-44(42,43)23-15-7-14-22-24(23)32-39-30-21-13-6-5-12-20(21)28(37-30)35-26-17-9-2-1-8-16(17)25(33-26)34-27-18-10-3-4-11-19(18)29(36-27)38-31(22)40-32;/h2*16-40H,1-15H2,(H,41,42,43);/q;;+2/p-2. The molecule has 18 rings (SSSR count). The van der Waals surface area contributed by atoms with Crippen molar-refractivity contribution in [2.75, 3.05) is 0 Å². The molecule has 18 fully saturated rings. The van der Waals surface area contributed by atoms with Gasteiger partial charge in [-0.25, -0.2) is 16.8 Å². The minimum absolute atomic E-state index is 0. The molecule has 8 aliphatic carbocycles. The molecule has 0 amide bonds. The van der Waals surface area contributed by atoms with Crippen LogP contribution >= 0.6 is 0 Å². The van der Waals surface area contributed by atoms with E-state index < -0.39 is 30.7 Å². The first kappa shape index (κ1) is 63.4. The van der Waals surface area contributed by atoms with Crippen molar-refractivity contribution >= 4 is 20.2 Å². The summed E-state index contributed by atoms with van der Waals surface area (Å²) in [5.74, 6) is 6.67. The first-order valence-corrected chi connectivity index (χ1v) is 39.9. The van der Waals surface area contributed by atoms with Gasteiger partial charge in [0.05, 0.1) is 129 Å². The van der Waals surface area contributed by atoms with Crippen LogP contribution in [0.25, 0.3) is 0 Å². The summed E-state index contributed by atoms with van der Waals surface area (Å²) in [6.45, 7) is 0. The van der Waals surface area contributed by atoms with Crippen LogP contribution in [0.5, 0.6) is 0 Å². The summed E-state index contributed by atoms with van der Waals surface area (Å²) in [4.78, 5) is 0. The third-order valence-corrected chi connectivity index (χ3v) is 31.0. The van der Waals surface area contributed by atoms with Gasteiger partial charge in [-0.05, 0) is 186 Å². The number of hydrogen-bond donors (Lipinski definition) is 16. The molecule has 8 saturated carbocycles. The maximum atomic E-state index is 12.7. The van der Waals surface area contributed by atoms with Crippen molar-refractivity contribution in [2.45, 2.75) is 302 Å². The maximum Gasteiger partial charge on any atom is 2.00 e. The van der Waals surface area contributed by atoms with Crippen LogP contribution in [0.4, 0.5) is 0 Å². The maximum absolute atomic E-state index is 12.7. The molecular formula is C64H110CuN16O6S2. The van der Waals surface area contributed by atoms with Crippen LogP contribution in [0.2, 0.25) is 0 Å². The molecule has 89 heavy (non-hydrogen) atoms. The van der Waals surface area contributed by atoms with Gasteiger partial charge in [0.25, 0.3) is 0 Å². The molecule has 0 aromatic rings. The van der Waals surface area contributed by atoms with Crippen LogP contribution in [-0.4, -0.2) is 135 Å². The summed E-state index contributed by atoms with van der Waals surface area (Å²) >= 11 is 0. The van der Waals surface area contributed by atoms with Gasteiger partial charge < -0.3 is 9.11 Å². The Morgan fingerprint density at radius 2 is 0.326 bits per heavy atom. The SMILES string of the molecule is O=S(=O)([O-])C1CCCC2C3NC4NC(NC5NC(NC6NC(NC(N3)C21)C1CCCCC61)C1CCCCC51)C1CCCCC41.O=S(=O)([O-])C1CCCC2C3NC4NC(NC5NC(NC6NC(NC(N3)C21)C1CCCCC61)C1CCCCC51)C1CCCCC41.[Cu+2]. The fraction of sp³-hybridized carbons (Fsp3) is 1.00. The Balaban J connectivity index is 0.000000141. The fourth-order valence-electron chi connectivity index (χ4n) is 24.7. The van der Waals surface area contributed by atoms with Crippen LogP contribution in [0, 0.1) is 94.7 Å². The third kappa shape index (κ3) is 11.8. The minimum Gasteiger partial charge on any atom is -0.748 e. The van der Waals surface area contributed by atoms with E-state index in [1.54, 1.807) is 0 Å². The Morgan fingerprint density at radius 1 is 0.191 bits per heavy atom. The molecule has 10 heterocycles. The largest absolute Gasteiger partial charge is 2.00 e. The second-order valence-electron chi connectivity index (χ2n) is 32.4. The smallest absolute Gasteiger partial charge is 0.748 e. The van der Waals surface area contributed by atoms with E-state index in [0.29, 0.717) is 96.2 Å². The topological polar surface area (TPSA) is 307 Å². The molecule has 22 nitrogen and oxygen atoms in total. The number of fused-ring (bicyclic) bond motifs is 40. The van der Waals surface area contributed by atoms with Crippen LogP contribution < -0.4 is 85.1 Å². The van der Waals surface area contributed by atoms with Gasteiger partial charge in [-0.3, -0.25) is 85.1 Å². The van der Waals surface area contributed by atoms with E-state index in [1.165, 1.54) is 154 Å². The van der Waals surface area contributed by atoms with E-state index in [-0.39, 0.29) is 127 Å². The van der Waals surface area contributed by atoms with Gasteiger partial charge in [0.2, 0.25) is 0 Å². The Morgan fingerprint density at radius 3 is 0.483 bits per heavy atom. The van der Waals surface area contributed by atoms with Gasteiger partial charge in [-0.1, -0.05) is 89.9 Å². The summed E-state index contributed by atoms with van der Waals surface area (Å²) in [6.07, 6.45) is 37.0. The van der Waals surface area contributed by atoms with Crippen LogP contribution in [0.1, 0.15) is 193 Å². The summed E-state index contributed by atoms with van der Waals surface area (Å²) in [5.41, 5.74) is 0. The molecule has 16 bridgehead atoms. The monoisotopic (exact) mass is 1330 g/mol. The van der Waals surface area contributed by atoms with Gasteiger partial charge in [0, 0.05) is 11.8 Å². The molecule has 0 aromatic heterocycles. The molecular weight excluding hydrogens is 1220 g/mol. The van der Waals surface area contributed by atoms with E-state index in [2.05, 4.69) is 85.1 Å². The molecule has 505 valence electrons. The number of hydrogen-bond acceptors (Lipinski definition) is 22. The van der Waals surface area contributed by atoms with E-state index in [0.717, 1.165) is 25.7 Å². The van der Waals surface area contributed by atoms with E-state index in [1.807, 2.05) is 0 Å². The van der Waals surface area contributed by atoms with Gasteiger partial charge >= 0.3 is 17.1 Å². The predicted molar refractivity (Wildman–Crippen MR) is 332 cm³/mol. The zero-order chi connectivity index (χ0) is 59.2. The second-order valence-corrected chi connectivity index (χ2v) is 35.6. The zero-order valence-electron chi connectivity index (χ0n) is 52.4. The van der Waals surface area contributed by atoms with E-state index >= 15 is 0 Å².